The molecule has 2 bridgehead atoms. The van der Waals surface area contributed by atoms with Crippen molar-refractivity contribution >= 4 is 5.78 Å². The molecule has 0 aromatic rings. The Kier molecular flexibility index (Phi) is 3.33. The Morgan fingerprint density at radius 2 is 2.38 bits per heavy atom. The molecule has 0 saturated carbocycles. The summed E-state index contributed by atoms with van der Waals surface area (Å²) < 4.78 is 5.17. The molecule has 4 nitrogen and oxygen atoms in total. The van der Waals surface area contributed by atoms with Crippen LogP contribution in [0.3, 0.4) is 0 Å². The van der Waals surface area contributed by atoms with Gasteiger partial charge in [0.25, 0.3) is 0 Å². The number of aliphatic hydroxyl groups is 1. The highest BCUT2D eigenvalue weighted by Crippen LogP contribution is 2.40. The van der Waals surface area contributed by atoms with E-state index < -0.39 is 5.54 Å². The maximum Gasteiger partial charge on any atom is 0.161 e. The normalized spacial score (nSPS) is 42.7. The first-order chi connectivity index (χ1) is 7.69. The zero-order valence-corrected chi connectivity index (χ0v) is 10.1. The average Bonchev–Trinajstić information content (AvgIpc) is 2.33. The van der Waals surface area contributed by atoms with Gasteiger partial charge in [-0.25, -0.2) is 0 Å². The third kappa shape index (κ3) is 1.51. The molecule has 3 aliphatic heterocycles. The summed E-state index contributed by atoms with van der Waals surface area (Å²) in [5, 5.41) is 9.64. The van der Waals surface area contributed by atoms with Gasteiger partial charge in [0, 0.05) is 25.6 Å². The number of hydrogen-bond donors (Lipinski definition) is 1. The van der Waals surface area contributed by atoms with Gasteiger partial charge < -0.3 is 9.84 Å². The molecule has 3 saturated heterocycles. The fraction of sp³-hybridized carbons (Fsp3) is 0.917. The number of rotatable bonds is 4. The van der Waals surface area contributed by atoms with Crippen LogP contribution in [-0.4, -0.2) is 54.2 Å². The van der Waals surface area contributed by atoms with Crippen LogP contribution in [0.2, 0.25) is 0 Å². The van der Waals surface area contributed by atoms with Gasteiger partial charge >= 0.3 is 0 Å². The third-order valence-electron chi connectivity index (χ3n) is 4.21. The van der Waals surface area contributed by atoms with Crippen LogP contribution in [0.1, 0.15) is 26.2 Å². The summed E-state index contributed by atoms with van der Waals surface area (Å²) in [4.78, 5) is 14.5. The van der Waals surface area contributed by atoms with E-state index in [0.717, 1.165) is 25.8 Å². The largest absolute Gasteiger partial charge is 0.394 e. The van der Waals surface area contributed by atoms with Crippen molar-refractivity contribution in [3.63, 3.8) is 0 Å². The summed E-state index contributed by atoms with van der Waals surface area (Å²) in [6.45, 7) is 3.26. The summed E-state index contributed by atoms with van der Waals surface area (Å²) in [5.41, 5.74) is -0.753. The quantitative estimate of drug-likeness (QED) is 0.757. The minimum atomic E-state index is -0.753. The lowest BCUT2D eigenvalue weighted by Gasteiger charge is -2.55. The minimum Gasteiger partial charge on any atom is -0.394 e. The molecule has 0 spiro atoms. The van der Waals surface area contributed by atoms with Crippen LogP contribution in [0.25, 0.3) is 0 Å². The van der Waals surface area contributed by atoms with Gasteiger partial charge in [-0.15, -0.1) is 0 Å². The maximum atomic E-state index is 12.3. The predicted molar refractivity (Wildman–Crippen MR) is 60.2 cm³/mol. The van der Waals surface area contributed by atoms with Crippen LogP contribution in [0, 0.1) is 5.92 Å². The zero-order valence-electron chi connectivity index (χ0n) is 10.1. The molecule has 3 aliphatic rings. The Balaban J connectivity index is 2.31. The van der Waals surface area contributed by atoms with Gasteiger partial charge in [-0.2, -0.15) is 0 Å². The summed E-state index contributed by atoms with van der Waals surface area (Å²) in [6.07, 6.45) is 2.94. The number of piperidine rings is 3. The number of carbonyl (C=O) groups excluding carboxylic acids is 1. The molecule has 4 heteroatoms. The van der Waals surface area contributed by atoms with Crippen LogP contribution >= 0.6 is 0 Å². The molecule has 0 aromatic heterocycles. The molecule has 4 atom stereocenters. The highest BCUT2D eigenvalue weighted by Gasteiger charge is 2.55. The van der Waals surface area contributed by atoms with E-state index in [1.807, 2.05) is 0 Å². The number of Topliss-reactive ketones (excluding diaryl/α,β-unsaturated/α-hetero) is 1. The molecule has 0 amide bonds. The molecule has 92 valence electrons. The molecule has 0 radical (unpaired) electrons. The van der Waals surface area contributed by atoms with Crippen LogP contribution in [0.15, 0.2) is 0 Å². The minimum absolute atomic E-state index is 0.118. The second-order valence-electron chi connectivity index (χ2n) is 4.96. The lowest BCUT2D eigenvalue weighted by molar-refractivity contribution is -0.166. The lowest BCUT2D eigenvalue weighted by atomic mass is 9.70. The van der Waals surface area contributed by atoms with Crippen LogP contribution < -0.4 is 0 Å². The summed E-state index contributed by atoms with van der Waals surface area (Å²) >= 11 is 0. The first-order valence-electron chi connectivity index (χ1n) is 6.10. The van der Waals surface area contributed by atoms with Crippen LogP contribution in [-0.2, 0) is 9.53 Å². The van der Waals surface area contributed by atoms with Gasteiger partial charge in [-0.1, -0.05) is 6.92 Å². The Bertz CT molecular complexity index is 281. The molecular formula is C12H21NO3. The molecule has 3 rings (SSSR count). The molecule has 0 aliphatic carbocycles. The first-order valence-corrected chi connectivity index (χ1v) is 6.10. The summed E-state index contributed by atoms with van der Waals surface area (Å²) in [5.74, 6) is 0.324. The number of fused-ring (bicyclic) bond motifs is 3. The van der Waals surface area contributed by atoms with Crippen LogP contribution in [0.5, 0.6) is 0 Å². The molecule has 3 heterocycles. The van der Waals surface area contributed by atoms with E-state index in [2.05, 4.69) is 11.8 Å². The van der Waals surface area contributed by atoms with Gasteiger partial charge in [0.2, 0.25) is 0 Å². The molecule has 0 aromatic carbocycles. The highest BCUT2D eigenvalue weighted by atomic mass is 16.5. The van der Waals surface area contributed by atoms with E-state index in [-0.39, 0.29) is 18.3 Å². The second kappa shape index (κ2) is 4.43. The van der Waals surface area contributed by atoms with E-state index in [4.69, 9.17) is 4.74 Å². The van der Waals surface area contributed by atoms with Gasteiger partial charge in [0.1, 0.15) is 5.54 Å². The van der Waals surface area contributed by atoms with Gasteiger partial charge in [0.05, 0.1) is 13.2 Å². The third-order valence-corrected chi connectivity index (χ3v) is 4.21. The van der Waals surface area contributed by atoms with Crippen molar-refractivity contribution in [1.29, 1.82) is 0 Å². The highest BCUT2D eigenvalue weighted by molar-refractivity contribution is 5.92. The second-order valence-corrected chi connectivity index (χ2v) is 4.96. The Morgan fingerprint density at radius 3 is 2.94 bits per heavy atom. The first kappa shape index (κ1) is 12.0. The van der Waals surface area contributed by atoms with Crippen molar-refractivity contribution in [3.8, 4) is 0 Å². The van der Waals surface area contributed by atoms with Gasteiger partial charge in [0.15, 0.2) is 5.78 Å². The standard InChI is InChI=1S/C12H21NO3/c1-3-10-6-9-4-5-13(10)12(7-14,8-16-2)11(9)15/h9-10,14H,3-8H2,1-2H3/t9-,10+,12-/m0/s1. The van der Waals surface area contributed by atoms with Crippen molar-refractivity contribution in [2.75, 3.05) is 26.9 Å². The topological polar surface area (TPSA) is 49.8 Å². The number of aliphatic hydroxyl groups excluding tert-OH is 1. The van der Waals surface area contributed by atoms with Crippen molar-refractivity contribution < 1.29 is 14.6 Å². The molecule has 16 heavy (non-hydrogen) atoms. The molecule has 3 fully saturated rings. The van der Waals surface area contributed by atoms with Crippen molar-refractivity contribution in [2.24, 2.45) is 5.92 Å². The number of ketones is 1. The number of hydrogen-bond acceptors (Lipinski definition) is 4. The number of carbonyl (C=O) groups is 1. The van der Waals surface area contributed by atoms with E-state index in [1.54, 1.807) is 7.11 Å². The molecule has 1 unspecified atom stereocenters. The Hall–Kier alpha value is -0.450. The van der Waals surface area contributed by atoms with E-state index in [1.165, 1.54) is 0 Å². The number of nitrogens with zero attached hydrogens (tertiary/aromatic N) is 1. The molecule has 1 N–H and O–H groups in total. The monoisotopic (exact) mass is 227 g/mol. The van der Waals surface area contributed by atoms with E-state index >= 15 is 0 Å². The maximum absolute atomic E-state index is 12.3. The zero-order chi connectivity index (χ0) is 11.8. The number of ether oxygens (including phenoxy) is 1. The number of methoxy groups -OCH3 is 1. The summed E-state index contributed by atoms with van der Waals surface area (Å²) in [7, 11) is 1.59. The Morgan fingerprint density at radius 1 is 1.62 bits per heavy atom. The van der Waals surface area contributed by atoms with Crippen molar-refractivity contribution in [3.05, 3.63) is 0 Å². The average molecular weight is 227 g/mol. The SMILES string of the molecule is CC[C@@H]1C[C@@H]2CCN1[C@@](CO)(COC)C2=O. The fourth-order valence-electron chi connectivity index (χ4n) is 3.37. The van der Waals surface area contributed by atoms with Crippen molar-refractivity contribution in [1.82, 2.24) is 4.90 Å². The fourth-order valence-corrected chi connectivity index (χ4v) is 3.37. The van der Waals surface area contributed by atoms with E-state index in [9.17, 15) is 9.90 Å². The molecular weight excluding hydrogens is 206 g/mol. The van der Waals surface area contributed by atoms with Gasteiger partial charge in [-0.05, 0) is 19.3 Å². The summed E-state index contributed by atoms with van der Waals surface area (Å²) in [6, 6.07) is 0.429. The van der Waals surface area contributed by atoms with Crippen molar-refractivity contribution in [2.45, 2.75) is 37.8 Å². The van der Waals surface area contributed by atoms with E-state index in [0.29, 0.717) is 12.6 Å². The predicted octanol–water partition coefficient (Wildman–Crippen LogP) is 0.437. The van der Waals surface area contributed by atoms with Crippen LogP contribution in [0.4, 0.5) is 0 Å². The van der Waals surface area contributed by atoms with Gasteiger partial charge in [-0.3, -0.25) is 9.69 Å². The lowest BCUT2D eigenvalue weighted by Crippen LogP contribution is -2.71. The smallest absolute Gasteiger partial charge is 0.161 e. The Labute approximate surface area is 96.6 Å².